The molecule has 2 amide bonds. The maximum absolute atomic E-state index is 14.1. The first-order chi connectivity index (χ1) is 19.0. The summed E-state index contributed by atoms with van der Waals surface area (Å²) in [6.07, 6.45) is 0.918. The Kier molecular flexibility index (Phi) is 11.1. The number of carbonyl (C=O) groups excluding carboxylic acids is 2. The van der Waals surface area contributed by atoms with Crippen LogP contribution in [0.25, 0.3) is 0 Å². The highest BCUT2D eigenvalue weighted by molar-refractivity contribution is 7.90. The van der Waals surface area contributed by atoms with Crippen LogP contribution in [0, 0.1) is 5.82 Å². The zero-order chi connectivity index (χ0) is 29.3. The number of amides is 2. The van der Waals surface area contributed by atoms with E-state index in [-0.39, 0.29) is 24.6 Å². The Hall–Kier alpha value is -3.47. The van der Waals surface area contributed by atoms with Crippen molar-refractivity contribution in [3.63, 3.8) is 0 Å². The molecule has 40 heavy (non-hydrogen) atoms. The topological polar surface area (TPSA) is 90.0 Å². The third-order valence-electron chi connectivity index (χ3n) is 6.22. The largest absolute Gasteiger partial charge is 0.354 e. The second kappa shape index (κ2) is 14.2. The van der Waals surface area contributed by atoms with Crippen LogP contribution in [-0.2, 0) is 32.8 Å². The number of benzene rings is 3. The number of halogens is 2. The van der Waals surface area contributed by atoms with Crippen LogP contribution in [0.1, 0.15) is 24.5 Å². The second-order valence-corrected chi connectivity index (χ2v) is 11.9. The van der Waals surface area contributed by atoms with Gasteiger partial charge in [0.2, 0.25) is 11.8 Å². The third-order valence-corrected chi connectivity index (χ3v) is 8.29. The van der Waals surface area contributed by atoms with Gasteiger partial charge in [-0.25, -0.2) is 8.70 Å². The summed E-state index contributed by atoms with van der Waals surface area (Å²) in [5.41, 5.74) is 1.66. The lowest BCUT2D eigenvalue weighted by Crippen LogP contribution is -2.54. The van der Waals surface area contributed by atoms with Gasteiger partial charge in [0.05, 0.1) is 5.69 Å². The molecule has 0 bridgehead atoms. The van der Waals surface area contributed by atoms with Crippen molar-refractivity contribution in [3.05, 3.63) is 101 Å². The minimum absolute atomic E-state index is 0.0340. The molecule has 214 valence electrons. The van der Waals surface area contributed by atoms with Crippen molar-refractivity contribution in [1.82, 2.24) is 14.5 Å². The summed E-state index contributed by atoms with van der Waals surface area (Å²) < 4.78 is 42.1. The third kappa shape index (κ3) is 8.27. The minimum Gasteiger partial charge on any atom is -0.354 e. The molecule has 1 atom stereocenters. The maximum Gasteiger partial charge on any atom is 0.304 e. The van der Waals surface area contributed by atoms with E-state index >= 15 is 0 Å². The Morgan fingerprint density at radius 1 is 0.925 bits per heavy atom. The maximum atomic E-state index is 14.1. The SMILES string of the molecule is CCCNC(=O)[C@@H](Cc1ccccc1)N(Cc1ccc(Cl)cc1)C(=O)CN(c1ccc(F)cc1)S(=O)(=O)N(C)C. The average Bonchev–Trinajstić information content (AvgIpc) is 2.94. The Morgan fingerprint density at radius 3 is 2.12 bits per heavy atom. The number of hydrogen-bond donors (Lipinski definition) is 1. The highest BCUT2D eigenvalue weighted by Gasteiger charge is 2.34. The van der Waals surface area contributed by atoms with Crippen molar-refractivity contribution >= 4 is 39.3 Å². The first-order valence-corrected chi connectivity index (χ1v) is 14.6. The van der Waals surface area contributed by atoms with Crippen LogP contribution in [0.4, 0.5) is 10.1 Å². The molecule has 8 nitrogen and oxygen atoms in total. The second-order valence-electron chi connectivity index (χ2n) is 9.42. The average molecular weight is 589 g/mol. The van der Waals surface area contributed by atoms with Gasteiger partial charge in [-0.3, -0.25) is 9.59 Å². The fourth-order valence-electron chi connectivity index (χ4n) is 4.03. The van der Waals surface area contributed by atoms with Gasteiger partial charge in [0.1, 0.15) is 18.4 Å². The summed E-state index contributed by atoms with van der Waals surface area (Å²) in [5, 5.41) is 3.40. The number of hydrogen-bond acceptors (Lipinski definition) is 4. The summed E-state index contributed by atoms with van der Waals surface area (Å²) in [6.45, 7) is 1.78. The van der Waals surface area contributed by atoms with Crippen molar-refractivity contribution in [2.75, 3.05) is 31.5 Å². The van der Waals surface area contributed by atoms with E-state index in [0.717, 1.165) is 26.3 Å². The van der Waals surface area contributed by atoms with Gasteiger partial charge in [-0.05, 0) is 53.9 Å². The molecule has 0 spiro atoms. The molecule has 0 heterocycles. The molecular weight excluding hydrogens is 555 g/mol. The van der Waals surface area contributed by atoms with E-state index in [9.17, 15) is 22.4 Å². The molecular formula is C29H34ClFN4O4S. The van der Waals surface area contributed by atoms with E-state index in [1.54, 1.807) is 24.3 Å². The van der Waals surface area contributed by atoms with E-state index in [1.807, 2.05) is 37.3 Å². The molecule has 0 saturated carbocycles. The van der Waals surface area contributed by atoms with Crippen LogP contribution in [0.3, 0.4) is 0 Å². The van der Waals surface area contributed by atoms with E-state index in [0.29, 0.717) is 23.6 Å². The van der Waals surface area contributed by atoms with E-state index in [2.05, 4.69) is 5.32 Å². The quantitative estimate of drug-likeness (QED) is 0.323. The fourth-order valence-corrected chi connectivity index (χ4v) is 5.21. The van der Waals surface area contributed by atoms with Crippen LogP contribution >= 0.6 is 11.6 Å². The van der Waals surface area contributed by atoms with Gasteiger partial charge in [0.25, 0.3) is 0 Å². The van der Waals surface area contributed by atoms with Crippen LogP contribution in [0.15, 0.2) is 78.9 Å². The van der Waals surface area contributed by atoms with Gasteiger partial charge in [-0.2, -0.15) is 12.7 Å². The lowest BCUT2D eigenvalue weighted by molar-refractivity contribution is -0.140. The Balaban J connectivity index is 2.06. The molecule has 0 unspecified atom stereocenters. The number of anilines is 1. The molecule has 0 aromatic heterocycles. The molecule has 3 rings (SSSR count). The molecule has 0 radical (unpaired) electrons. The van der Waals surface area contributed by atoms with Gasteiger partial charge in [0, 0.05) is 38.6 Å². The molecule has 0 aliphatic carbocycles. The van der Waals surface area contributed by atoms with Gasteiger partial charge in [-0.15, -0.1) is 0 Å². The summed E-state index contributed by atoms with van der Waals surface area (Å²) in [7, 11) is -1.46. The summed E-state index contributed by atoms with van der Waals surface area (Å²) in [6, 6.07) is 20.1. The van der Waals surface area contributed by atoms with Gasteiger partial charge in [0.15, 0.2) is 0 Å². The van der Waals surface area contributed by atoms with E-state index in [1.165, 1.54) is 31.1 Å². The highest BCUT2D eigenvalue weighted by atomic mass is 35.5. The Labute approximate surface area is 240 Å². The number of carbonyl (C=O) groups is 2. The number of nitrogens with one attached hydrogen (secondary N) is 1. The zero-order valence-electron chi connectivity index (χ0n) is 22.8. The van der Waals surface area contributed by atoms with Crippen LogP contribution in [-0.4, -0.2) is 62.7 Å². The molecule has 0 aliphatic rings. The lowest BCUT2D eigenvalue weighted by atomic mass is 10.0. The predicted octanol–water partition coefficient (Wildman–Crippen LogP) is 4.26. The molecule has 0 saturated heterocycles. The van der Waals surface area contributed by atoms with Crippen LogP contribution < -0.4 is 9.62 Å². The first kappa shape index (κ1) is 31.1. The Bertz CT molecular complexity index is 1370. The standard InChI is InChI=1S/C29H34ClFN4O4S/c1-4-18-32-29(37)27(19-22-8-6-5-7-9-22)34(20-23-10-12-24(30)13-11-23)28(36)21-35(40(38,39)33(2)3)26-16-14-25(31)15-17-26/h5-17,27H,4,18-21H2,1-3H3,(H,32,37)/t27-/m1/s1. The lowest BCUT2D eigenvalue weighted by Gasteiger charge is -2.34. The smallest absolute Gasteiger partial charge is 0.304 e. The van der Waals surface area contributed by atoms with Crippen LogP contribution in [0.2, 0.25) is 5.02 Å². The molecule has 3 aromatic rings. The van der Waals surface area contributed by atoms with Crippen molar-refractivity contribution < 1.29 is 22.4 Å². The van der Waals surface area contributed by atoms with Crippen molar-refractivity contribution in [2.45, 2.75) is 32.4 Å². The molecule has 0 fully saturated rings. The summed E-state index contributed by atoms with van der Waals surface area (Å²) in [4.78, 5) is 28.9. The van der Waals surface area contributed by atoms with Crippen LogP contribution in [0.5, 0.6) is 0 Å². The van der Waals surface area contributed by atoms with Crippen molar-refractivity contribution in [2.24, 2.45) is 0 Å². The molecule has 1 N–H and O–H groups in total. The van der Waals surface area contributed by atoms with Gasteiger partial charge in [-0.1, -0.05) is 61.0 Å². The van der Waals surface area contributed by atoms with Crippen molar-refractivity contribution in [3.8, 4) is 0 Å². The number of rotatable bonds is 13. The molecule has 0 aliphatic heterocycles. The molecule has 11 heteroatoms. The molecule has 3 aromatic carbocycles. The Morgan fingerprint density at radius 2 is 1.55 bits per heavy atom. The van der Waals surface area contributed by atoms with Crippen molar-refractivity contribution in [1.29, 1.82) is 0 Å². The zero-order valence-corrected chi connectivity index (χ0v) is 24.3. The highest BCUT2D eigenvalue weighted by Crippen LogP contribution is 2.22. The van der Waals surface area contributed by atoms with Gasteiger partial charge < -0.3 is 10.2 Å². The number of nitrogens with zero attached hydrogens (tertiary/aromatic N) is 3. The monoisotopic (exact) mass is 588 g/mol. The minimum atomic E-state index is -4.15. The van der Waals surface area contributed by atoms with E-state index < -0.39 is 34.5 Å². The summed E-state index contributed by atoms with van der Waals surface area (Å²) in [5.74, 6) is -1.49. The summed E-state index contributed by atoms with van der Waals surface area (Å²) >= 11 is 6.07. The van der Waals surface area contributed by atoms with E-state index in [4.69, 9.17) is 11.6 Å². The normalized spacial score (nSPS) is 12.2. The fraction of sp³-hybridized carbons (Fsp3) is 0.310. The van der Waals surface area contributed by atoms with Gasteiger partial charge >= 0.3 is 10.2 Å². The first-order valence-electron chi connectivity index (χ1n) is 12.8. The predicted molar refractivity (Wildman–Crippen MR) is 156 cm³/mol.